The number of hydrogen-bond acceptors (Lipinski definition) is 4. The highest BCUT2D eigenvalue weighted by atomic mass is 19.4. The van der Waals surface area contributed by atoms with Crippen molar-refractivity contribution in [3.63, 3.8) is 0 Å². The molecule has 0 unspecified atom stereocenters. The number of hydrogen-bond donors (Lipinski definition) is 1. The first kappa shape index (κ1) is 25.9. The predicted octanol–water partition coefficient (Wildman–Crippen LogP) is 6.94. The van der Waals surface area contributed by atoms with E-state index in [0.29, 0.717) is 52.9 Å². The van der Waals surface area contributed by atoms with E-state index in [9.17, 15) is 23.1 Å². The Kier molecular flexibility index (Phi) is 8.63. The minimum absolute atomic E-state index is 0.195. The van der Waals surface area contributed by atoms with Gasteiger partial charge in [-0.15, -0.1) is 13.2 Å². The third kappa shape index (κ3) is 8.88. The molecule has 35 heavy (non-hydrogen) atoms. The van der Waals surface area contributed by atoms with Crippen LogP contribution in [-0.2, 0) is 11.2 Å². The quantitative estimate of drug-likeness (QED) is 0.259. The summed E-state index contributed by atoms with van der Waals surface area (Å²) in [5.74, 6) is 0.490. The average Bonchev–Trinajstić information content (AvgIpc) is 3.59. The maximum atomic E-state index is 12.6. The van der Waals surface area contributed by atoms with Crippen LogP contribution in [0.2, 0.25) is 0 Å². The van der Waals surface area contributed by atoms with E-state index in [2.05, 4.69) is 11.3 Å². The number of halogens is 3. The fourth-order valence-corrected chi connectivity index (χ4v) is 3.37. The van der Waals surface area contributed by atoms with E-state index in [1.54, 1.807) is 36.4 Å². The van der Waals surface area contributed by atoms with Crippen molar-refractivity contribution in [3.05, 3.63) is 84.2 Å². The number of carboxylic acids is 1. The van der Waals surface area contributed by atoms with E-state index in [1.807, 2.05) is 6.92 Å². The highest BCUT2D eigenvalue weighted by molar-refractivity contribution is 5.71. The van der Waals surface area contributed by atoms with E-state index < -0.39 is 12.3 Å². The second-order valence-corrected chi connectivity index (χ2v) is 8.14. The first-order valence-corrected chi connectivity index (χ1v) is 11.2. The lowest BCUT2D eigenvalue weighted by molar-refractivity contribution is -0.274. The van der Waals surface area contributed by atoms with Crippen molar-refractivity contribution < 1.29 is 37.3 Å². The van der Waals surface area contributed by atoms with Crippen LogP contribution in [0, 0.1) is 5.92 Å². The maximum Gasteiger partial charge on any atom is 0.573 e. The fraction of sp³-hybridized carbons (Fsp3) is 0.296. The first-order valence-electron chi connectivity index (χ1n) is 11.2. The number of ether oxygens (including phenoxy) is 3. The Hall–Kier alpha value is -3.68. The lowest BCUT2D eigenvalue weighted by atomic mass is 10.0. The van der Waals surface area contributed by atoms with Crippen LogP contribution in [0.4, 0.5) is 13.2 Å². The van der Waals surface area contributed by atoms with E-state index in [0.717, 1.165) is 12.8 Å². The molecule has 0 atom stereocenters. The molecule has 1 saturated carbocycles. The number of benzene rings is 2. The molecule has 1 fully saturated rings. The smallest absolute Gasteiger partial charge is 0.493 e. The second-order valence-electron chi connectivity index (χ2n) is 8.14. The van der Waals surface area contributed by atoms with Gasteiger partial charge in [0.15, 0.2) is 0 Å². The minimum atomic E-state index is -4.79. The summed E-state index contributed by atoms with van der Waals surface area (Å²) in [5, 5.41) is 9.22. The summed E-state index contributed by atoms with van der Waals surface area (Å²) >= 11 is 0. The summed E-state index contributed by atoms with van der Waals surface area (Å²) in [7, 11) is 0. The molecule has 2 aromatic rings. The summed E-state index contributed by atoms with van der Waals surface area (Å²) in [5.41, 5.74) is 1.77. The Bertz CT molecular complexity index is 1110. The lowest BCUT2D eigenvalue weighted by Crippen LogP contribution is -2.17. The van der Waals surface area contributed by atoms with Crippen molar-refractivity contribution in [1.29, 1.82) is 0 Å². The molecule has 0 aromatic heterocycles. The van der Waals surface area contributed by atoms with Crippen molar-refractivity contribution in [1.82, 2.24) is 0 Å². The second kappa shape index (κ2) is 11.6. The van der Waals surface area contributed by atoms with Gasteiger partial charge in [-0.05, 0) is 78.3 Å². The molecule has 0 heterocycles. The van der Waals surface area contributed by atoms with Gasteiger partial charge in [0.05, 0.1) is 13.0 Å². The predicted molar refractivity (Wildman–Crippen MR) is 126 cm³/mol. The molecule has 8 heteroatoms. The zero-order valence-electron chi connectivity index (χ0n) is 19.3. The van der Waals surface area contributed by atoms with Crippen molar-refractivity contribution in [2.75, 3.05) is 6.61 Å². The highest BCUT2D eigenvalue weighted by Gasteiger charge is 2.31. The summed E-state index contributed by atoms with van der Waals surface area (Å²) in [6.07, 6.45) is 2.58. The third-order valence-corrected chi connectivity index (χ3v) is 5.13. The molecule has 0 saturated heterocycles. The van der Waals surface area contributed by atoms with Gasteiger partial charge in [-0.3, -0.25) is 4.79 Å². The van der Waals surface area contributed by atoms with Crippen molar-refractivity contribution in [2.24, 2.45) is 5.92 Å². The minimum Gasteiger partial charge on any atom is -0.493 e. The lowest BCUT2D eigenvalue weighted by Gasteiger charge is -2.14. The molecule has 0 amide bonds. The summed E-state index contributed by atoms with van der Waals surface area (Å²) < 4.78 is 53.8. The van der Waals surface area contributed by atoms with Crippen molar-refractivity contribution in [3.8, 4) is 17.2 Å². The van der Waals surface area contributed by atoms with Gasteiger partial charge < -0.3 is 19.3 Å². The summed E-state index contributed by atoms with van der Waals surface area (Å²) in [6.45, 7) is 6.12. The fourth-order valence-electron chi connectivity index (χ4n) is 3.37. The third-order valence-electron chi connectivity index (χ3n) is 5.13. The SMILES string of the molecule is C=C/C=C(\C=C(/CC)c1cccc(OC(F)(F)F)c1)Oc1cc(CC(=O)O)cc(OCC2CC2)c1. The van der Waals surface area contributed by atoms with E-state index in [1.165, 1.54) is 24.3 Å². The van der Waals surface area contributed by atoms with E-state index in [-0.39, 0.29) is 12.2 Å². The van der Waals surface area contributed by atoms with Crippen LogP contribution in [0.3, 0.4) is 0 Å². The zero-order chi connectivity index (χ0) is 25.4. The van der Waals surface area contributed by atoms with Gasteiger partial charge >= 0.3 is 12.3 Å². The molecule has 0 spiro atoms. The molecular formula is C27H27F3O5. The largest absolute Gasteiger partial charge is 0.573 e. The van der Waals surface area contributed by atoms with Gasteiger partial charge in [0, 0.05) is 6.07 Å². The molecule has 1 aliphatic carbocycles. The number of aliphatic carboxylic acids is 1. The molecular weight excluding hydrogens is 461 g/mol. The maximum absolute atomic E-state index is 12.6. The number of rotatable bonds is 12. The van der Waals surface area contributed by atoms with Gasteiger partial charge in [-0.25, -0.2) is 0 Å². The Morgan fingerprint density at radius 2 is 1.89 bits per heavy atom. The summed E-state index contributed by atoms with van der Waals surface area (Å²) in [6, 6.07) is 10.7. The Morgan fingerprint density at radius 1 is 1.14 bits per heavy atom. The monoisotopic (exact) mass is 488 g/mol. The summed E-state index contributed by atoms with van der Waals surface area (Å²) in [4.78, 5) is 11.3. The van der Waals surface area contributed by atoms with Crippen LogP contribution in [-0.4, -0.2) is 24.0 Å². The van der Waals surface area contributed by atoms with Crippen LogP contribution in [0.5, 0.6) is 17.2 Å². The number of allylic oxidation sites excluding steroid dienone is 4. The molecule has 0 bridgehead atoms. The highest BCUT2D eigenvalue weighted by Crippen LogP contribution is 2.32. The van der Waals surface area contributed by atoms with Crippen molar-refractivity contribution >= 4 is 11.5 Å². The van der Waals surface area contributed by atoms with Crippen LogP contribution < -0.4 is 14.2 Å². The molecule has 0 aliphatic heterocycles. The molecule has 186 valence electrons. The first-order chi connectivity index (χ1) is 16.6. The van der Waals surface area contributed by atoms with Gasteiger partial charge in [0.2, 0.25) is 0 Å². The van der Waals surface area contributed by atoms with Gasteiger partial charge in [0.1, 0.15) is 23.0 Å². The standard InChI is InChI=1S/C27H27F3O5/c1-3-6-22(14-20(4-2)21-7-5-8-23(15-21)35-27(28,29)30)34-25-12-19(13-26(31)32)11-24(16-25)33-17-18-9-10-18/h3,5-8,11-12,14-16,18H,1,4,9-10,13,17H2,2H3,(H,31,32)/b20-14+,22-6+. The number of alkyl halides is 3. The molecule has 0 radical (unpaired) electrons. The van der Waals surface area contributed by atoms with E-state index >= 15 is 0 Å². The Balaban J connectivity index is 1.87. The van der Waals surface area contributed by atoms with Crippen LogP contribution >= 0.6 is 0 Å². The topological polar surface area (TPSA) is 65.0 Å². The van der Waals surface area contributed by atoms with E-state index in [4.69, 9.17) is 9.47 Å². The van der Waals surface area contributed by atoms with Gasteiger partial charge in [0.25, 0.3) is 0 Å². The Morgan fingerprint density at radius 3 is 2.51 bits per heavy atom. The van der Waals surface area contributed by atoms with Crippen LogP contribution in [0.25, 0.3) is 5.57 Å². The number of carbonyl (C=O) groups is 1. The molecule has 2 aromatic carbocycles. The van der Waals surface area contributed by atoms with Crippen LogP contribution in [0.15, 0.2) is 73.0 Å². The van der Waals surface area contributed by atoms with Crippen LogP contribution in [0.1, 0.15) is 37.3 Å². The molecule has 1 aliphatic rings. The molecule has 5 nitrogen and oxygen atoms in total. The molecule has 3 rings (SSSR count). The average molecular weight is 489 g/mol. The molecule has 1 N–H and O–H groups in total. The number of carboxylic acid groups (broad SMARTS) is 1. The Labute approximate surface area is 202 Å². The zero-order valence-corrected chi connectivity index (χ0v) is 19.3. The van der Waals surface area contributed by atoms with Gasteiger partial charge in [-0.1, -0.05) is 31.7 Å². The normalized spacial score (nSPS) is 14.4. The van der Waals surface area contributed by atoms with Gasteiger partial charge in [-0.2, -0.15) is 0 Å². The van der Waals surface area contributed by atoms with Crippen molar-refractivity contribution in [2.45, 2.75) is 39.0 Å².